The number of rotatable bonds is 2. The maximum atomic E-state index is 10.5. The second kappa shape index (κ2) is 3.72. The maximum absolute atomic E-state index is 10.5. The highest BCUT2D eigenvalue weighted by Crippen LogP contribution is 1.99. The highest BCUT2D eigenvalue weighted by molar-refractivity contribution is 5.73. The summed E-state index contributed by atoms with van der Waals surface area (Å²) in [6, 6.07) is -0.778. The molecule has 2 amide bonds. The zero-order valence-electron chi connectivity index (χ0n) is 6.16. The smallest absolute Gasteiger partial charge is 0.328 e. The minimum absolute atomic E-state index is 0.0949. The molecular weight excluding hydrogens is 130 g/mol. The largest absolute Gasteiger partial charge is 0.351 e. The van der Waals surface area contributed by atoms with Crippen molar-refractivity contribution < 1.29 is 4.79 Å². The van der Waals surface area contributed by atoms with Crippen molar-refractivity contribution >= 4 is 6.03 Å². The fourth-order valence-electron chi connectivity index (χ4n) is 0.548. The number of amides is 2. The van der Waals surface area contributed by atoms with Gasteiger partial charge in [0.2, 0.25) is 0 Å². The Hall–Kier alpha value is -1.24. The molecule has 0 aromatic carbocycles. The standard InChI is InChI=1S/C6H11N3O/c1-3-5(2)9(4-7)6(8)10/h5H,3H2,1-2H3,(H2,8,10). The summed E-state index contributed by atoms with van der Waals surface area (Å²) in [5.41, 5.74) is 4.89. The molecule has 0 bridgehead atoms. The van der Waals surface area contributed by atoms with Gasteiger partial charge in [-0.25, -0.2) is 9.69 Å². The molecule has 1 atom stereocenters. The van der Waals surface area contributed by atoms with Gasteiger partial charge in [-0.2, -0.15) is 5.26 Å². The summed E-state index contributed by atoms with van der Waals surface area (Å²) in [5.74, 6) is 0. The van der Waals surface area contributed by atoms with Gasteiger partial charge in [0, 0.05) is 6.04 Å². The number of urea groups is 1. The Labute approximate surface area is 60.2 Å². The van der Waals surface area contributed by atoms with E-state index >= 15 is 0 Å². The first-order valence-electron chi connectivity index (χ1n) is 3.11. The summed E-state index contributed by atoms with van der Waals surface area (Å²) in [6.45, 7) is 3.66. The van der Waals surface area contributed by atoms with E-state index in [-0.39, 0.29) is 6.04 Å². The van der Waals surface area contributed by atoms with Crippen molar-refractivity contribution in [2.75, 3.05) is 0 Å². The Kier molecular flexibility index (Phi) is 3.26. The monoisotopic (exact) mass is 141 g/mol. The van der Waals surface area contributed by atoms with Crippen LogP contribution in [0.1, 0.15) is 20.3 Å². The minimum atomic E-state index is -0.683. The molecule has 0 fully saturated rings. The highest BCUT2D eigenvalue weighted by Gasteiger charge is 2.14. The molecular formula is C6H11N3O. The van der Waals surface area contributed by atoms with E-state index in [1.165, 1.54) is 0 Å². The molecule has 1 unspecified atom stereocenters. The summed E-state index contributed by atoms with van der Waals surface area (Å²) in [7, 11) is 0. The van der Waals surface area contributed by atoms with Crippen LogP contribution in [-0.2, 0) is 0 Å². The lowest BCUT2D eigenvalue weighted by Crippen LogP contribution is -2.37. The summed E-state index contributed by atoms with van der Waals surface area (Å²) < 4.78 is 0. The lowest BCUT2D eigenvalue weighted by atomic mass is 10.2. The van der Waals surface area contributed by atoms with Crippen LogP contribution in [0, 0.1) is 11.5 Å². The first-order chi connectivity index (χ1) is 4.63. The van der Waals surface area contributed by atoms with Crippen molar-refractivity contribution in [2.45, 2.75) is 26.3 Å². The van der Waals surface area contributed by atoms with Crippen molar-refractivity contribution in [3.8, 4) is 6.19 Å². The topological polar surface area (TPSA) is 70.1 Å². The predicted molar refractivity (Wildman–Crippen MR) is 36.8 cm³/mol. The van der Waals surface area contributed by atoms with Crippen LogP contribution in [0.25, 0.3) is 0 Å². The van der Waals surface area contributed by atoms with Gasteiger partial charge in [0.1, 0.15) is 0 Å². The van der Waals surface area contributed by atoms with E-state index in [2.05, 4.69) is 0 Å². The molecule has 10 heavy (non-hydrogen) atoms. The van der Waals surface area contributed by atoms with Gasteiger partial charge in [0.05, 0.1) is 0 Å². The SMILES string of the molecule is CCC(C)N(C#N)C(N)=O. The van der Waals surface area contributed by atoms with Gasteiger partial charge in [0.25, 0.3) is 0 Å². The number of carbonyl (C=O) groups is 1. The molecule has 0 aliphatic carbocycles. The first kappa shape index (κ1) is 8.76. The molecule has 0 aliphatic rings. The molecule has 0 saturated heterocycles. The third kappa shape index (κ3) is 1.94. The molecule has 0 spiro atoms. The molecule has 0 rings (SSSR count). The summed E-state index contributed by atoms with van der Waals surface area (Å²) in [6.07, 6.45) is 2.44. The number of nitrogens with two attached hydrogens (primary N) is 1. The van der Waals surface area contributed by atoms with E-state index in [9.17, 15) is 4.79 Å². The quantitative estimate of drug-likeness (QED) is 0.453. The number of hydrogen-bond acceptors (Lipinski definition) is 2. The van der Waals surface area contributed by atoms with Crippen molar-refractivity contribution in [1.82, 2.24) is 4.90 Å². The van der Waals surface area contributed by atoms with Crippen molar-refractivity contribution in [1.29, 1.82) is 5.26 Å². The second-order valence-corrected chi connectivity index (χ2v) is 2.07. The van der Waals surface area contributed by atoms with Gasteiger partial charge in [-0.1, -0.05) is 6.92 Å². The van der Waals surface area contributed by atoms with E-state index in [0.717, 1.165) is 11.3 Å². The number of hydrogen-bond donors (Lipinski definition) is 1. The molecule has 4 heteroatoms. The Morgan fingerprint density at radius 1 is 1.90 bits per heavy atom. The molecule has 0 aromatic heterocycles. The molecule has 4 nitrogen and oxygen atoms in total. The van der Waals surface area contributed by atoms with Gasteiger partial charge >= 0.3 is 6.03 Å². The molecule has 0 radical (unpaired) electrons. The second-order valence-electron chi connectivity index (χ2n) is 2.07. The Balaban J connectivity index is 4.10. The normalized spacial score (nSPS) is 11.7. The van der Waals surface area contributed by atoms with Gasteiger partial charge in [-0.3, -0.25) is 0 Å². The Bertz CT molecular complexity index is 161. The van der Waals surface area contributed by atoms with Gasteiger partial charge < -0.3 is 5.73 Å². The molecule has 0 aromatic rings. The molecule has 0 heterocycles. The van der Waals surface area contributed by atoms with E-state index in [0.29, 0.717) is 0 Å². The predicted octanol–water partition coefficient (Wildman–Crippen LogP) is 0.647. The third-order valence-corrected chi connectivity index (χ3v) is 1.38. The first-order valence-corrected chi connectivity index (χ1v) is 3.11. The lowest BCUT2D eigenvalue weighted by Gasteiger charge is -2.16. The number of carbonyl (C=O) groups excluding carboxylic acids is 1. The van der Waals surface area contributed by atoms with Crippen LogP contribution in [0.5, 0.6) is 0 Å². The molecule has 56 valence electrons. The average Bonchev–Trinajstić information content (AvgIpc) is 1.88. The van der Waals surface area contributed by atoms with Crippen LogP contribution in [0.15, 0.2) is 0 Å². The minimum Gasteiger partial charge on any atom is -0.351 e. The Morgan fingerprint density at radius 2 is 2.40 bits per heavy atom. The van der Waals surface area contributed by atoms with Crippen LogP contribution in [0.4, 0.5) is 4.79 Å². The maximum Gasteiger partial charge on any atom is 0.328 e. The van der Waals surface area contributed by atoms with E-state index in [1.807, 2.05) is 6.92 Å². The van der Waals surface area contributed by atoms with Crippen molar-refractivity contribution in [3.05, 3.63) is 0 Å². The molecule has 0 aliphatic heterocycles. The zero-order chi connectivity index (χ0) is 8.15. The highest BCUT2D eigenvalue weighted by atomic mass is 16.2. The number of nitriles is 1. The molecule has 0 saturated carbocycles. The zero-order valence-corrected chi connectivity index (χ0v) is 6.16. The van der Waals surface area contributed by atoms with E-state index in [4.69, 9.17) is 11.0 Å². The fourth-order valence-corrected chi connectivity index (χ4v) is 0.548. The van der Waals surface area contributed by atoms with Gasteiger partial charge in [0.15, 0.2) is 6.19 Å². The summed E-state index contributed by atoms with van der Waals surface area (Å²) in [4.78, 5) is 11.4. The summed E-state index contributed by atoms with van der Waals surface area (Å²) >= 11 is 0. The third-order valence-electron chi connectivity index (χ3n) is 1.38. The number of primary amides is 1. The van der Waals surface area contributed by atoms with Crippen LogP contribution < -0.4 is 5.73 Å². The number of nitrogens with zero attached hydrogens (tertiary/aromatic N) is 2. The van der Waals surface area contributed by atoms with Crippen LogP contribution in [0.3, 0.4) is 0 Å². The van der Waals surface area contributed by atoms with Gasteiger partial charge in [-0.05, 0) is 13.3 Å². The molecule has 2 N–H and O–H groups in total. The summed E-state index contributed by atoms with van der Waals surface area (Å²) in [5, 5.41) is 8.37. The van der Waals surface area contributed by atoms with E-state index < -0.39 is 6.03 Å². The van der Waals surface area contributed by atoms with Crippen LogP contribution in [-0.4, -0.2) is 17.0 Å². The lowest BCUT2D eigenvalue weighted by molar-refractivity contribution is 0.214. The van der Waals surface area contributed by atoms with Crippen molar-refractivity contribution in [2.24, 2.45) is 5.73 Å². The van der Waals surface area contributed by atoms with Crippen LogP contribution in [0.2, 0.25) is 0 Å². The van der Waals surface area contributed by atoms with Crippen molar-refractivity contribution in [3.63, 3.8) is 0 Å². The van der Waals surface area contributed by atoms with Crippen LogP contribution >= 0.6 is 0 Å². The fraction of sp³-hybridized carbons (Fsp3) is 0.667. The Morgan fingerprint density at radius 3 is 2.50 bits per heavy atom. The van der Waals surface area contributed by atoms with E-state index in [1.54, 1.807) is 13.1 Å². The van der Waals surface area contributed by atoms with Gasteiger partial charge in [-0.15, -0.1) is 0 Å². The average molecular weight is 141 g/mol.